The van der Waals surface area contributed by atoms with Crippen LogP contribution in [0, 0.1) is 0 Å². The predicted octanol–water partition coefficient (Wildman–Crippen LogP) is 14.1. The number of aromatic nitrogens is 2. The molecule has 57 heavy (non-hydrogen) atoms. The Morgan fingerprint density at radius 2 is 1.19 bits per heavy atom. The molecule has 9 aromatic rings. The third-order valence-electron chi connectivity index (χ3n) is 12.1. The van der Waals surface area contributed by atoms with E-state index in [-0.39, 0.29) is 0 Å². The van der Waals surface area contributed by atoms with Gasteiger partial charge in [0.25, 0.3) is 0 Å². The van der Waals surface area contributed by atoms with Crippen LogP contribution in [0.5, 0.6) is 11.5 Å². The van der Waals surface area contributed by atoms with Gasteiger partial charge in [-0.2, -0.15) is 0 Å². The van der Waals surface area contributed by atoms with Crippen molar-refractivity contribution < 1.29 is 4.74 Å². The molecule has 3 nitrogen and oxygen atoms in total. The van der Waals surface area contributed by atoms with Crippen LogP contribution in [0.1, 0.15) is 35.1 Å². The summed E-state index contributed by atoms with van der Waals surface area (Å²) >= 11 is 1.83. The van der Waals surface area contributed by atoms with Gasteiger partial charge >= 0.3 is 0 Å². The van der Waals surface area contributed by atoms with E-state index in [0.717, 1.165) is 63.5 Å². The van der Waals surface area contributed by atoms with Crippen molar-refractivity contribution in [3.63, 3.8) is 0 Å². The molecule has 12 rings (SSSR count). The van der Waals surface area contributed by atoms with E-state index in [1.807, 2.05) is 29.5 Å². The maximum atomic E-state index is 7.04. The molecule has 1 spiro atoms. The van der Waals surface area contributed by atoms with Gasteiger partial charge in [-0.1, -0.05) is 152 Å². The molecule has 2 aromatic heterocycles. The third kappa shape index (κ3) is 4.84. The second kappa shape index (κ2) is 12.6. The summed E-state index contributed by atoms with van der Waals surface area (Å²) < 4.78 is 9.58. The summed E-state index contributed by atoms with van der Waals surface area (Å²) in [6.07, 6.45) is 6.70. The largest absolute Gasteiger partial charge is 0.456 e. The number of thiophene rings is 1. The molecule has 0 saturated carbocycles. The highest BCUT2D eigenvalue weighted by Gasteiger charge is 2.52. The molecule has 0 fully saturated rings. The summed E-state index contributed by atoms with van der Waals surface area (Å²) in [6, 6.07) is 60.9. The van der Waals surface area contributed by atoms with Crippen LogP contribution in [0.4, 0.5) is 0 Å². The molecule has 2 aliphatic carbocycles. The van der Waals surface area contributed by atoms with E-state index in [9.17, 15) is 0 Å². The number of hydrogen-bond donors (Lipinski definition) is 0. The van der Waals surface area contributed by atoms with E-state index in [1.165, 1.54) is 53.6 Å². The standard InChI is InChI=1S/C53H34N2OS/c1-2-14-33(15-3-1)52-54-46(32-47(55-52)36-28-29-41-40-20-6-11-27-49(40)57-50(41)31-36)35-17-12-16-34(30-35)37-21-13-25-45-51(37)56-48-26-10-9-24-44(48)53(45)42-22-7-4-18-38(42)39-19-5-8-23-43(39)53/h1-7,9-22,24-32H,8,23H2. The van der Waals surface area contributed by atoms with E-state index in [0.29, 0.717) is 5.82 Å². The molecular weight excluding hydrogens is 713 g/mol. The highest BCUT2D eigenvalue weighted by molar-refractivity contribution is 7.25. The Morgan fingerprint density at radius 3 is 2.11 bits per heavy atom. The molecule has 1 aliphatic heterocycles. The average Bonchev–Trinajstić information content (AvgIpc) is 3.80. The van der Waals surface area contributed by atoms with Crippen molar-refractivity contribution in [3.8, 4) is 56.5 Å². The number of allylic oxidation sites excluding steroid dienone is 4. The van der Waals surface area contributed by atoms with Crippen LogP contribution in [-0.2, 0) is 5.41 Å². The summed E-state index contributed by atoms with van der Waals surface area (Å²) in [5, 5.41) is 2.57. The SMILES string of the molecule is C1=CC2=C(CC1)C1(c3ccccc3Oc3c(-c4cccc(-c5cc(-c6ccc7c(c6)sc6ccccc67)nc(-c6ccccc6)n5)c4)cccc31)c1ccccc12. The summed E-state index contributed by atoms with van der Waals surface area (Å²) in [5.74, 6) is 2.53. The minimum atomic E-state index is -0.434. The van der Waals surface area contributed by atoms with Gasteiger partial charge in [0.05, 0.1) is 16.8 Å². The monoisotopic (exact) mass is 746 g/mol. The highest BCUT2D eigenvalue weighted by Crippen LogP contribution is 2.63. The fraction of sp³-hybridized carbons (Fsp3) is 0.0566. The molecule has 268 valence electrons. The molecule has 0 saturated heterocycles. The van der Waals surface area contributed by atoms with Crippen LogP contribution in [0.3, 0.4) is 0 Å². The smallest absolute Gasteiger partial charge is 0.160 e. The van der Waals surface area contributed by atoms with Gasteiger partial charge in [-0.25, -0.2) is 9.97 Å². The Hall–Kier alpha value is -6.88. The van der Waals surface area contributed by atoms with Gasteiger partial charge in [0, 0.05) is 53.6 Å². The lowest BCUT2D eigenvalue weighted by Crippen LogP contribution is -2.33. The second-order valence-electron chi connectivity index (χ2n) is 15.1. The normalized spacial score (nSPS) is 16.4. The van der Waals surface area contributed by atoms with Gasteiger partial charge in [0.1, 0.15) is 11.5 Å². The van der Waals surface area contributed by atoms with Crippen molar-refractivity contribution in [3.05, 3.63) is 210 Å². The predicted molar refractivity (Wildman–Crippen MR) is 235 cm³/mol. The van der Waals surface area contributed by atoms with E-state index in [4.69, 9.17) is 14.7 Å². The zero-order valence-electron chi connectivity index (χ0n) is 30.9. The topological polar surface area (TPSA) is 35.0 Å². The lowest BCUT2D eigenvalue weighted by molar-refractivity contribution is 0.433. The van der Waals surface area contributed by atoms with Crippen LogP contribution >= 0.6 is 11.3 Å². The number of ether oxygens (including phenoxy) is 1. The first-order valence-corrected chi connectivity index (χ1v) is 20.4. The molecular formula is C53H34N2OS. The molecule has 0 amide bonds. The zero-order valence-corrected chi connectivity index (χ0v) is 31.8. The summed E-state index contributed by atoms with van der Waals surface area (Å²) in [4.78, 5) is 10.4. The van der Waals surface area contributed by atoms with Crippen LogP contribution in [-0.4, -0.2) is 9.97 Å². The molecule has 1 unspecified atom stereocenters. The molecule has 7 aromatic carbocycles. The molecule has 1 atom stereocenters. The quantitative estimate of drug-likeness (QED) is 0.180. The van der Waals surface area contributed by atoms with Gasteiger partial charge in [-0.3, -0.25) is 0 Å². The van der Waals surface area contributed by atoms with Crippen LogP contribution in [0.25, 0.3) is 70.8 Å². The van der Waals surface area contributed by atoms with Crippen molar-refractivity contribution in [2.75, 3.05) is 0 Å². The summed E-state index contributed by atoms with van der Waals surface area (Å²) in [5.41, 5.74) is 14.4. The molecule has 3 aliphatic rings. The van der Waals surface area contributed by atoms with Gasteiger partial charge in [0.2, 0.25) is 0 Å². The van der Waals surface area contributed by atoms with Crippen LogP contribution in [0.15, 0.2) is 188 Å². The van der Waals surface area contributed by atoms with Gasteiger partial charge in [0.15, 0.2) is 5.82 Å². The molecule has 4 heteroatoms. The van der Waals surface area contributed by atoms with Gasteiger partial charge in [-0.15, -0.1) is 11.3 Å². The van der Waals surface area contributed by atoms with E-state index in [1.54, 1.807) is 0 Å². The van der Waals surface area contributed by atoms with Crippen LogP contribution in [0.2, 0.25) is 0 Å². The molecule has 0 bridgehead atoms. The Morgan fingerprint density at radius 1 is 0.509 bits per heavy atom. The zero-order chi connectivity index (χ0) is 37.5. The van der Waals surface area contributed by atoms with Crippen molar-refractivity contribution in [1.29, 1.82) is 0 Å². The van der Waals surface area contributed by atoms with Gasteiger partial charge in [-0.05, 0) is 71.0 Å². The Kier molecular flexibility index (Phi) is 7.14. The first-order chi connectivity index (χ1) is 28.2. The fourth-order valence-electron chi connectivity index (χ4n) is 9.61. The first-order valence-electron chi connectivity index (χ1n) is 19.6. The van der Waals surface area contributed by atoms with Crippen molar-refractivity contribution >= 4 is 37.1 Å². The van der Waals surface area contributed by atoms with E-state index >= 15 is 0 Å². The minimum Gasteiger partial charge on any atom is -0.456 e. The molecule has 0 N–H and O–H groups in total. The van der Waals surface area contributed by atoms with Crippen molar-refractivity contribution in [1.82, 2.24) is 9.97 Å². The minimum absolute atomic E-state index is 0.434. The third-order valence-corrected chi connectivity index (χ3v) is 13.2. The average molecular weight is 747 g/mol. The van der Waals surface area contributed by atoms with Crippen molar-refractivity contribution in [2.24, 2.45) is 0 Å². The second-order valence-corrected chi connectivity index (χ2v) is 16.2. The number of benzene rings is 7. The summed E-state index contributed by atoms with van der Waals surface area (Å²) in [6.45, 7) is 0. The number of para-hydroxylation sites is 2. The molecule has 0 radical (unpaired) electrons. The Labute approximate surface area is 334 Å². The Bertz CT molecular complexity index is 3170. The maximum Gasteiger partial charge on any atom is 0.160 e. The first kappa shape index (κ1) is 32.4. The van der Waals surface area contributed by atoms with Gasteiger partial charge < -0.3 is 4.74 Å². The highest BCUT2D eigenvalue weighted by atomic mass is 32.1. The molecule has 3 heterocycles. The fourth-order valence-corrected chi connectivity index (χ4v) is 10.8. The summed E-state index contributed by atoms with van der Waals surface area (Å²) in [7, 11) is 0. The maximum absolute atomic E-state index is 7.04. The number of fused-ring (bicyclic) bond motifs is 11. The lowest BCUT2D eigenvalue weighted by Gasteiger charge is -2.41. The van der Waals surface area contributed by atoms with Crippen molar-refractivity contribution in [2.45, 2.75) is 18.3 Å². The Balaban J connectivity index is 1.03. The van der Waals surface area contributed by atoms with Crippen LogP contribution < -0.4 is 4.74 Å². The van der Waals surface area contributed by atoms with E-state index < -0.39 is 5.41 Å². The van der Waals surface area contributed by atoms with E-state index in [2.05, 4.69) is 164 Å². The lowest BCUT2D eigenvalue weighted by atomic mass is 9.63. The number of rotatable bonds is 4. The number of hydrogen-bond acceptors (Lipinski definition) is 4. The number of nitrogens with zero attached hydrogens (tertiary/aromatic N) is 2.